The van der Waals surface area contributed by atoms with E-state index in [-0.39, 0.29) is 18.2 Å². The first kappa shape index (κ1) is 25.5. The van der Waals surface area contributed by atoms with Crippen molar-refractivity contribution in [3.63, 3.8) is 0 Å². The Bertz CT molecular complexity index is 1190. The van der Waals surface area contributed by atoms with Gasteiger partial charge in [-0.05, 0) is 30.2 Å². The van der Waals surface area contributed by atoms with Crippen molar-refractivity contribution in [1.29, 1.82) is 0 Å². The summed E-state index contributed by atoms with van der Waals surface area (Å²) >= 11 is 0. The third kappa shape index (κ3) is 6.72. The Morgan fingerprint density at radius 3 is 2.54 bits per heavy atom. The van der Waals surface area contributed by atoms with E-state index in [2.05, 4.69) is 15.6 Å². The molecule has 0 fully saturated rings. The summed E-state index contributed by atoms with van der Waals surface area (Å²) in [7, 11) is 0. The van der Waals surface area contributed by atoms with Crippen LogP contribution in [0.25, 0.3) is 22.4 Å². The average molecular weight is 480 g/mol. The molecule has 10 nitrogen and oxygen atoms in total. The summed E-state index contributed by atoms with van der Waals surface area (Å²) in [5, 5.41) is 14.2. The number of carbonyl (C=O) groups excluding carboxylic acids is 3. The highest BCUT2D eigenvalue weighted by Crippen LogP contribution is 2.24. The molecule has 0 saturated heterocycles. The van der Waals surface area contributed by atoms with E-state index >= 15 is 0 Å². The van der Waals surface area contributed by atoms with E-state index in [1.165, 1.54) is 0 Å². The molecule has 1 aromatic carbocycles. The highest BCUT2D eigenvalue weighted by molar-refractivity contribution is 5.88. The lowest BCUT2D eigenvalue weighted by Gasteiger charge is -2.21. The molecule has 0 saturated carbocycles. The lowest BCUT2D eigenvalue weighted by atomic mass is 9.91. The van der Waals surface area contributed by atoms with Gasteiger partial charge in [-0.15, -0.1) is 0 Å². The van der Waals surface area contributed by atoms with Crippen molar-refractivity contribution in [3.05, 3.63) is 48.8 Å². The van der Waals surface area contributed by atoms with Crippen LogP contribution >= 0.6 is 0 Å². The van der Waals surface area contributed by atoms with E-state index in [9.17, 15) is 19.2 Å². The summed E-state index contributed by atoms with van der Waals surface area (Å²) in [4.78, 5) is 56.1. The van der Waals surface area contributed by atoms with Crippen LogP contribution < -0.4 is 10.6 Å². The van der Waals surface area contributed by atoms with Crippen molar-refractivity contribution in [2.24, 2.45) is 11.8 Å². The number of aliphatic carboxylic acids is 1. The van der Waals surface area contributed by atoms with Gasteiger partial charge in [0.15, 0.2) is 0 Å². The van der Waals surface area contributed by atoms with Gasteiger partial charge in [-0.2, -0.15) is 0 Å². The van der Waals surface area contributed by atoms with Crippen molar-refractivity contribution in [2.75, 3.05) is 6.54 Å². The summed E-state index contributed by atoms with van der Waals surface area (Å²) < 4.78 is 2.01. The normalized spacial score (nSPS) is 12.8. The molecule has 184 valence electrons. The number of carboxylic acid groups (broad SMARTS) is 1. The highest BCUT2D eigenvalue weighted by atomic mass is 16.4. The highest BCUT2D eigenvalue weighted by Gasteiger charge is 2.27. The van der Waals surface area contributed by atoms with Crippen molar-refractivity contribution in [2.45, 2.75) is 39.3 Å². The molecule has 0 radical (unpaired) electrons. The van der Waals surface area contributed by atoms with Gasteiger partial charge in [-0.3, -0.25) is 19.4 Å². The Morgan fingerprint density at radius 2 is 1.89 bits per heavy atom. The maximum atomic E-state index is 12.7. The minimum absolute atomic E-state index is 0.0811. The zero-order valence-corrected chi connectivity index (χ0v) is 19.7. The first-order valence-corrected chi connectivity index (χ1v) is 11.4. The first-order chi connectivity index (χ1) is 16.8. The number of aldehydes is 1. The number of imidazole rings is 1. The number of benzene rings is 1. The van der Waals surface area contributed by atoms with E-state index in [0.29, 0.717) is 19.4 Å². The molecule has 0 bridgehead atoms. The molecule has 3 rings (SSSR count). The molecule has 3 N–H and O–H groups in total. The number of para-hydroxylation sites is 2. The Hall–Kier alpha value is -4.08. The van der Waals surface area contributed by atoms with Gasteiger partial charge >= 0.3 is 5.97 Å². The molecule has 0 unspecified atom stereocenters. The summed E-state index contributed by atoms with van der Waals surface area (Å²) in [6.07, 6.45) is 3.22. The number of pyridine rings is 1. The molecule has 0 aliphatic heterocycles. The van der Waals surface area contributed by atoms with Crippen LogP contribution in [-0.2, 0) is 25.7 Å². The van der Waals surface area contributed by atoms with Gasteiger partial charge in [0.05, 0.1) is 23.5 Å². The SMILES string of the molecule is CC(C)[C@H](CC(=O)NCCn1c(-c2cccnc2)nc2ccccc21)C(=O)N[C@H](C=O)CC(=O)O. The molecule has 10 heteroatoms. The lowest BCUT2D eigenvalue weighted by Crippen LogP contribution is -2.44. The number of fused-ring (bicyclic) bond motifs is 1. The standard InChI is InChI=1S/C25H29N5O5/c1-16(2)19(25(35)28-18(15-31)12-23(33)34)13-22(32)27-10-11-30-21-8-4-3-7-20(21)29-24(30)17-6-5-9-26-14-17/h3-9,14-16,18-19H,10-13H2,1-2H3,(H,27,32)(H,28,35)(H,33,34)/t18-,19-/m0/s1. The molecule has 0 spiro atoms. The quantitative estimate of drug-likeness (QED) is 0.337. The summed E-state index contributed by atoms with van der Waals surface area (Å²) in [5.41, 5.74) is 2.62. The Balaban J connectivity index is 1.65. The minimum atomic E-state index is -1.20. The number of aromatic nitrogens is 3. The topological polar surface area (TPSA) is 143 Å². The van der Waals surface area contributed by atoms with Crippen molar-refractivity contribution in [1.82, 2.24) is 25.2 Å². The molecule has 0 aliphatic carbocycles. The molecule has 2 amide bonds. The number of amides is 2. The fourth-order valence-corrected chi connectivity index (χ4v) is 3.84. The molecular weight excluding hydrogens is 450 g/mol. The molecule has 0 aliphatic rings. The number of nitrogens with one attached hydrogen (secondary N) is 2. The number of carboxylic acids is 1. The molecule has 2 aromatic heterocycles. The number of nitrogens with zero attached hydrogens (tertiary/aromatic N) is 3. The van der Waals surface area contributed by atoms with Crippen LogP contribution in [0.2, 0.25) is 0 Å². The van der Waals surface area contributed by atoms with Crippen LogP contribution in [-0.4, -0.2) is 56.3 Å². The van der Waals surface area contributed by atoms with Gasteiger partial charge in [0.1, 0.15) is 12.1 Å². The predicted octanol–water partition coefficient (Wildman–Crippen LogP) is 2.04. The van der Waals surface area contributed by atoms with E-state index < -0.39 is 30.3 Å². The van der Waals surface area contributed by atoms with Gasteiger partial charge < -0.3 is 25.1 Å². The van der Waals surface area contributed by atoms with Crippen LogP contribution in [0.15, 0.2) is 48.8 Å². The predicted molar refractivity (Wildman–Crippen MR) is 129 cm³/mol. The fourth-order valence-electron chi connectivity index (χ4n) is 3.84. The van der Waals surface area contributed by atoms with Crippen LogP contribution in [0.5, 0.6) is 0 Å². The first-order valence-electron chi connectivity index (χ1n) is 11.4. The van der Waals surface area contributed by atoms with Gasteiger partial charge in [0, 0.05) is 43.4 Å². The summed E-state index contributed by atoms with van der Waals surface area (Å²) in [6.45, 7) is 4.36. The van der Waals surface area contributed by atoms with E-state index in [4.69, 9.17) is 10.1 Å². The van der Waals surface area contributed by atoms with Gasteiger partial charge in [-0.25, -0.2) is 4.98 Å². The fraction of sp³-hybridized carbons (Fsp3) is 0.360. The smallest absolute Gasteiger partial charge is 0.305 e. The van der Waals surface area contributed by atoms with Gasteiger partial charge in [-0.1, -0.05) is 26.0 Å². The zero-order valence-electron chi connectivity index (χ0n) is 19.7. The van der Waals surface area contributed by atoms with Crippen molar-refractivity contribution in [3.8, 4) is 11.4 Å². The zero-order chi connectivity index (χ0) is 25.4. The minimum Gasteiger partial charge on any atom is -0.481 e. The summed E-state index contributed by atoms with van der Waals surface area (Å²) in [6, 6.07) is 10.4. The third-order valence-corrected chi connectivity index (χ3v) is 5.67. The van der Waals surface area contributed by atoms with Gasteiger partial charge in [0.25, 0.3) is 0 Å². The number of carbonyl (C=O) groups is 4. The molecule has 3 aromatic rings. The largest absolute Gasteiger partial charge is 0.481 e. The second-order valence-electron chi connectivity index (χ2n) is 8.57. The summed E-state index contributed by atoms with van der Waals surface area (Å²) in [5.74, 6) is -2.18. The van der Waals surface area contributed by atoms with Crippen molar-refractivity contribution >= 4 is 35.1 Å². The lowest BCUT2D eigenvalue weighted by molar-refractivity contribution is -0.139. The molecule has 2 heterocycles. The van der Waals surface area contributed by atoms with Gasteiger partial charge in [0.2, 0.25) is 11.8 Å². The van der Waals surface area contributed by atoms with Crippen molar-refractivity contribution < 1.29 is 24.3 Å². The van der Waals surface area contributed by atoms with Crippen LogP contribution in [0.1, 0.15) is 26.7 Å². The third-order valence-electron chi connectivity index (χ3n) is 5.67. The molecule has 2 atom stereocenters. The maximum absolute atomic E-state index is 12.7. The monoisotopic (exact) mass is 479 g/mol. The Labute approximate surface area is 202 Å². The van der Waals surface area contributed by atoms with E-state index in [1.54, 1.807) is 26.2 Å². The van der Waals surface area contributed by atoms with Crippen LogP contribution in [0.4, 0.5) is 0 Å². The number of rotatable bonds is 12. The van der Waals surface area contributed by atoms with E-state index in [0.717, 1.165) is 22.4 Å². The Kier molecular flexibility index (Phi) is 8.66. The second kappa shape index (κ2) is 11.9. The van der Waals surface area contributed by atoms with E-state index in [1.807, 2.05) is 41.0 Å². The molecule has 35 heavy (non-hydrogen) atoms. The Morgan fingerprint density at radius 1 is 1.11 bits per heavy atom. The number of hydrogen-bond donors (Lipinski definition) is 3. The van der Waals surface area contributed by atoms with Crippen LogP contribution in [0, 0.1) is 11.8 Å². The van der Waals surface area contributed by atoms with Crippen LogP contribution in [0.3, 0.4) is 0 Å². The molecular formula is C25H29N5O5. The average Bonchev–Trinajstić information content (AvgIpc) is 3.20. The maximum Gasteiger partial charge on any atom is 0.305 e. The number of hydrogen-bond acceptors (Lipinski definition) is 6. The second-order valence-corrected chi connectivity index (χ2v) is 8.57.